The molecule has 3 rings (SSSR count). The Morgan fingerprint density at radius 2 is 2.35 bits per heavy atom. The number of H-pyrrole nitrogens is 1. The Morgan fingerprint density at radius 1 is 1.50 bits per heavy atom. The second-order valence-corrected chi connectivity index (χ2v) is 5.20. The van der Waals surface area contributed by atoms with E-state index < -0.39 is 5.41 Å². The largest absolute Gasteiger partial charge is 0.384 e. The maximum absolute atomic E-state index is 12.5. The minimum absolute atomic E-state index is 0.0524. The third kappa shape index (κ3) is 2.28. The Kier molecular flexibility index (Phi) is 3.42. The molecule has 20 heavy (non-hydrogen) atoms. The summed E-state index contributed by atoms with van der Waals surface area (Å²) >= 11 is 0. The maximum atomic E-state index is 12.5. The van der Waals surface area contributed by atoms with Gasteiger partial charge in [0, 0.05) is 13.7 Å². The summed E-state index contributed by atoms with van der Waals surface area (Å²) in [6, 6.07) is 7.69. The van der Waals surface area contributed by atoms with Crippen LogP contribution in [-0.2, 0) is 9.53 Å². The zero-order valence-corrected chi connectivity index (χ0v) is 11.4. The van der Waals surface area contributed by atoms with Gasteiger partial charge < -0.3 is 15.0 Å². The van der Waals surface area contributed by atoms with E-state index in [1.165, 1.54) is 0 Å². The predicted octanol–water partition coefficient (Wildman–Crippen LogP) is 1.13. The topological polar surface area (TPSA) is 79.0 Å². The average Bonchev–Trinajstić information content (AvgIpc) is 3.05. The highest BCUT2D eigenvalue weighted by atomic mass is 16.5. The molecule has 106 valence electrons. The van der Waals surface area contributed by atoms with Crippen molar-refractivity contribution in [2.75, 3.05) is 32.1 Å². The Morgan fingerprint density at radius 3 is 3.05 bits per heavy atom. The molecule has 0 spiro atoms. The number of carbonyl (C=O) groups is 1. The molecule has 6 nitrogen and oxygen atoms in total. The number of imidazole rings is 1. The van der Waals surface area contributed by atoms with Gasteiger partial charge in [-0.25, -0.2) is 4.98 Å². The molecule has 2 heterocycles. The summed E-state index contributed by atoms with van der Waals surface area (Å²) in [7, 11) is 1.62. The highest BCUT2D eigenvalue weighted by molar-refractivity contribution is 5.95. The minimum atomic E-state index is -0.506. The van der Waals surface area contributed by atoms with Gasteiger partial charge in [0.1, 0.15) is 0 Å². The number of ether oxygens (including phenoxy) is 1. The molecular formula is C14H18N4O2. The minimum Gasteiger partial charge on any atom is -0.384 e. The number of rotatable bonds is 4. The zero-order valence-electron chi connectivity index (χ0n) is 11.4. The van der Waals surface area contributed by atoms with Crippen LogP contribution >= 0.6 is 0 Å². The molecule has 0 aliphatic carbocycles. The van der Waals surface area contributed by atoms with Crippen LogP contribution < -0.4 is 10.6 Å². The van der Waals surface area contributed by atoms with Crippen LogP contribution in [0.2, 0.25) is 0 Å². The van der Waals surface area contributed by atoms with E-state index in [2.05, 4.69) is 20.6 Å². The number of aromatic nitrogens is 2. The Bertz CT molecular complexity index is 583. The summed E-state index contributed by atoms with van der Waals surface area (Å²) in [5.41, 5.74) is 1.24. The lowest BCUT2D eigenvalue weighted by Crippen LogP contribution is -2.42. The molecule has 1 aliphatic rings. The van der Waals surface area contributed by atoms with Gasteiger partial charge in [-0.15, -0.1) is 0 Å². The lowest BCUT2D eigenvalue weighted by atomic mass is 9.87. The standard InChI is InChI=1S/C14H18N4O2/c1-20-9-14(6-7-15-8-14)12(19)18-13-16-10-4-2-3-5-11(10)17-13/h2-5,15H,6-9H2,1H3,(H2,16,17,18,19). The third-order valence-corrected chi connectivity index (χ3v) is 3.77. The van der Waals surface area contributed by atoms with Crippen molar-refractivity contribution in [2.24, 2.45) is 5.41 Å². The fraction of sp³-hybridized carbons (Fsp3) is 0.429. The number of amides is 1. The summed E-state index contributed by atoms with van der Waals surface area (Å²) < 4.78 is 5.22. The van der Waals surface area contributed by atoms with E-state index in [1.807, 2.05) is 24.3 Å². The van der Waals surface area contributed by atoms with Crippen LogP contribution in [0, 0.1) is 5.41 Å². The van der Waals surface area contributed by atoms with Crippen molar-refractivity contribution in [2.45, 2.75) is 6.42 Å². The smallest absolute Gasteiger partial charge is 0.236 e. The van der Waals surface area contributed by atoms with Gasteiger partial charge in [0.25, 0.3) is 0 Å². The molecule has 1 atom stereocenters. The number of nitrogens with zero attached hydrogens (tertiary/aromatic N) is 1. The van der Waals surface area contributed by atoms with Crippen LogP contribution in [0.5, 0.6) is 0 Å². The molecule has 1 amide bonds. The van der Waals surface area contributed by atoms with Crippen molar-refractivity contribution in [1.82, 2.24) is 15.3 Å². The van der Waals surface area contributed by atoms with Crippen molar-refractivity contribution in [3.05, 3.63) is 24.3 Å². The lowest BCUT2D eigenvalue weighted by molar-refractivity contribution is -0.127. The van der Waals surface area contributed by atoms with Gasteiger partial charge in [-0.05, 0) is 25.1 Å². The number of anilines is 1. The molecule has 1 aromatic carbocycles. The monoisotopic (exact) mass is 274 g/mol. The van der Waals surface area contributed by atoms with E-state index in [0.29, 0.717) is 19.1 Å². The molecule has 1 aliphatic heterocycles. The SMILES string of the molecule is COCC1(C(=O)Nc2nc3ccccc3[nH]2)CCNC1. The highest BCUT2D eigenvalue weighted by Gasteiger charge is 2.41. The molecule has 0 bridgehead atoms. The molecule has 1 aromatic heterocycles. The molecule has 0 saturated carbocycles. The Hall–Kier alpha value is -1.92. The zero-order chi connectivity index (χ0) is 14.0. The quantitative estimate of drug-likeness (QED) is 0.781. The van der Waals surface area contributed by atoms with Crippen molar-refractivity contribution >= 4 is 22.9 Å². The van der Waals surface area contributed by atoms with Crippen LogP contribution in [0.1, 0.15) is 6.42 Å². The van der Waals surface area contributed by atoms with Crippen molar-refractivity contribution in [3.63, 3.8) is 0 Å². The summed E-state index contributed by atoms with van der Waals surface area (Å²) in [6.45, 7) is 1.87. The van der Waals surface area contributed by atoms with Gasteiger partial charge in [0.05, 0.1) is 23.1 Å². The molecular weight excluding hydrogens is 256 g/mol. The van der Waals surface area contributed by atoms with Gasteiger partial charge in [-0.3, -0.25) is 10.1 Å². The molecule has 1 unspecified atom stereocenters. The summed E-state index contributed by atoms with van der Waals surface area (Å²) in [4.78, 5) is 20.0. The van der Waals surface area contributed by atoms with Crippen LogP contribution in [0.3, 0.4) is 0 Å². The van der Waals surface area contributed by atoms with Gasteiger partial charge in [0.2, 0.25) is 11.9 Å². The fourth-order valence-electron chi connectivity index (χ4n) is 2.65. The van der Waals surface area contributed by atoms with Crippen LogP contribution in [-0.4, -0.2) is 42.7 Å². The number of hydrogen-bond acceptors (Lipinski definition) is 4. The second-order valence-electron chi connectivity index (χ2n) is 5.20. The van der Waals surface area contributed by atoms with Gasteiger partial charge in [-0.1, -0.05) is 12.1 Å². The first-order valence-corrected chi connectivity index (χ1v) is 6.69. The number of methoxy groups -OCH3 is 1. The van der Waals surface area contributed by atoms with Gasteiger partial charge in [0.15, 0.2) is 0 Å². The number of aromatic amines is 1. The van der Waals surface area contributed by atoms with Crippen LogP contribution in [0.4, 0.5) is 5.95 Å². The van der Waals surface area contributed by atoms with Crippen molar-refractivity contribution in [3.8, 4) is 0 Å². The van der Waals surface area contributed by atoms with Crippen molar-refractivity contribution < 1.29 is 9.53 Å². The normalized spacial score (nSPS) is 22.2. The van der Waals surface area contributed by atoms with E-state index >= 15 is 0 Å². The second kappa shape index (κ2) is 5.22. The van der Waals surface area contributed by atoms with E-state index in [-0.39, 0.29) is 5.91 Å². The van der Waals surface area contributed by atoms with E-state index in [0.717, 1.165) is 24.0 Å². The molecule has 6 heteroatoms. The first-order chi connectivity index (χ1) is 9.73. The molecule has 0 radical (unpaired) electrons. The molecule has 3 N–H and O–H groups in total. The first kappa shape index (κ1) is 13.1. The average molecular weight is 274 g/mol. The van der Waals surface area contributed by atoms with Gasteiger partial charge in [-0.2, -0.15) is 0 Å². The fourth-order valence-corrected chi connectivity index (χ4v) is 2.65. The van der Waals surface area contributed by atoms with Crippen LogP contribution in [0.25, 0.3) is 11.0 Å². The van der Waals surface area contributed by atoms with E-state index in [4.69, 9.17) is 4.74 Å². The summed E-state index contributed by atoms with van der Waals surface area (Å²) in [5, 5.41) is 6.09. The predicted molar refractivity (Wildman–Crippen MR) is 76.5 cm³/mol. The number of fused-ring (bicyclic) bond motifs is 1. The van der Waals surface area contributed by atoms with E-state index in [9.17, 15) is 4.79 Å². The summed E-state index contributed by atoms with van der Waals surface area (Å²) in [5.74, 6) is 0.432. The third-order valence-electron chi connectivity index (χ3n) is 3.77. The molecule has 1 fully saturated rings. The summed E-state index contributed by atoms with van der Waals surface area (Å²) in [6.07, 6.45) is 0.771. The number of hydrogen-bond donors (Lipinski definition) is 3. The maximum Gasteiger partial charge on any atom is 0.236 e. The highest BCUT2D eigenvalue weighted by Crippen LogP contribution is 2.27. The molecule has 1 saturated heterocycles. The number of carbonyl (C=O) groups excluding carboxylic acids is 1. The molecule has 2 aromatic rings. The number of nitrogens with one attached hydrogen (secondary N) is 3. The first-order valence-electron chi connectivity index (χ1n) is 6.69. The van der Waals surface area contributed by atoms with Crippen molar-refractivity contribution in [1.29, 1.82) is 0 Å². The number of para-hydroxylation sites is 2. The Balaban J connectivity index is 1.80. The van der Waals surface area contributed by atoms with E-state index in [1.54, 1.807) is 7.11 Å². The van der Waals surface area contributed by atoms with Crippen LogP contribution in [0.15, 0.2) is 24.3 Å². The number of benzene rings is 1. The lowest BCUT2D eigenvalue weighted by Gasteiger charge is -2.25. The van der Waals surface area contributed by atoms with Gasteiger partial charge >= 0.3 is 0 Å². The Labute approximate surface area is 116 Å².